The molecule has 1 radical (unpaired) electrons. The molecule has 1 saturated carbocycles. The molecule has 0 aromatic carbocycles. The number of rotatable bonds is 3. The molecule has 2 unspecified atom stereocenters. The van der Waals surface area contributed by atoms with Gasteiger partial charge in [0.1, 0.15) is 6.10 Å². The molecule has 87 valence electrons. The number of carbonyl (C=O) groups excluding carboxylic acids is 2. The number of amides is 1. The first kappa shape index (κ1) is 14.4. The summed E-state index contributed by atoms with van der Waals surface area (Å²) in [5, 5.41) is 2.36. The summed E-state index contributed by atoms with van der Waals surface area (Å²) < 4.78 is 9.78. The van der Waals surface area contributed by atoms with Crippen molar-refractivity contribution in [3.05, 3.63) is 0 Å². The van der Waals surface area contributed by atoms with E-state index in [1.165, 1.54) is 13.5 Å². The minimum absolute atomic E-state index is 0. The van der Waals surface area contributed by atoms with E-state index in [1.807, 2.05) is 0 Å². The van der Waals surface area contributed by atoms with Gasteiger partial charge in [0.2, 0.25) is 0 Å². The second kappa shape index (κ2) is 7.66. The molecule has 0 aromatic heterocycles. The Bertz CT molecular complexity index is 212. The summed E-state index contributed by atoms with van der Waals surface area (Å²) in [6.45, 7) is 1.40. The zero-order valence-electron chi connectivity index (χ0n) is 8.49. The van der Waals surface area contributed by atoms with E-state index in [2.05, 4.69) is 5.32 Å². The maximum absolute atomic E-state index is 10.9. The van der Waals surface area contributed by atoms with Crippen molar-refractivity contribution in [1.29, 1.82) is 0 Å². The van der Waals surface area contributed by atoms with E-state index >= 15 is 0 Å². The molecule has 0 aliphatic heterocycles. The summed E-state index contributed by atoms with van der Waals surface area (Å²) in [5.41, 5.74) is 0. The number of hydrogen-bond acceptors (Lipinski definition) is 4. The van der Waals surface area contributed by atoms with Crippen molar-refractivity contribution in [2.75, 3.05) is 7.05 Å². The van der Waals surface area contributed by atoms with Crippen LogP contribution >= 0.6 is 0 Å². The van der Waals surface area contributed by atoms with E-state index in [4.69, 9.17) is 9.47 Å². The summed E-state index contributed by atoms with van der Waals surface area (Å²) in [7, 11) is 1.49. The molecule has 6 heteroatoms. The SMILES string of the molecule is CNC(=O)OC1CCCCC1O[C-]=O.[Re]. The summed E-state index contributed by atoms with van der Waals surface area (Å²) in [6.07, 6.45) is 2.29. The van der Waals surface area contributed by atoms with E-state index < -0.39 is 6.09 Å². The Balaban J connectivity index is 0.00000196. The van der Waals surface area contributed by atoms with Gasteiger partial charge in [0.25, 0.3) is 0 Å². The zero-order valence-corrected chi connectivity index (χ0v) is 11.2. The van der Waals surface area contributed by atoms with Crippen LogP contribution in [0.15, 0.2) is 0 Å². The third-order valence-corrected chi connectivity index (χ3v) is 2.30. The monoisotopic (exact) mass is 387 g/mol. The van der Waals surface area contributed by atoms with E-state index in [-0.39, 0.29) is 32.6 Å². The predicted molar refractivity (Wildman–Crippen MR) is 48.4 cm³/mol. The van der Waals surface area contributed by atoms with Crippen molar-refractivity contribution >= 4 is 12.6 Å². The molecule has 0 aromatic rings. The van der Waals surface area contributed by atoms with Crippen LogP contribution in [0.5, 0.6) is 0 Å². The topological polar surface area (TPSA) is 64.6 Å². The molecule has 0 spiro atoms. The molecule has 2 atom stereocenters. The Hall–Kier alpha value is -0.598. The fourth-order valence-electron chi connectivity index (χ4n) is 1.59. The largest absolute Gasteiger partial charge is 0.648 e. The van der Waals surface area contributed by atoms with E-state index in [0.29, 0.717) is 0 Å². The smallest absolute Gasteiger partial charge is 0.407 e. The molecule has 0 heterocycles. The molecule has 0 saturated heterocycles. The van der Waals surface area contributed by atoms with Crippen LogP contribution in [-0.4, -0.2) is 31.8 Å². The Labute approximate surface area is 103 Å². The molecule has 5 nitrogen and oxygen atoms in total. The van der Waals surface area contributed by atoms with Crippen LogP contribution < -0.4 is 5.32 Å². The number of nitrogens with one attached hydrogen (secondary N) is 1. The first-order valence-corrected chi connectivity index (χ1v) is 4.69. The predicted octanol–water partition coefficient (Wildman–Crippen LogP) is 0.735. The summed E-state index contributed by atoms with van der Waals surface area (Å²) >= 11 is 0. The van der Waals surface area contributed by atoms with Crippen LogP contribution in [-0.2, 0) is 34.7 Å². The van der Waals surface area contributed by atoms with Gasteiger partial charge in [-0.25, -0.2) is 4.79 Å². The van der Waals surface area contributed by atoms with Crippen LogP contribution in [0.4, 0.5) is 4.79 Å². The van der Waals surface area contributed by atoms with Gasteiger partial charge < -0.3 is 19.6 Å². The summed E-state index contributed by atoms with van der Waals surface area (Å²) in [4.78, 5) is 21.0. The Morgan fingerprint density at radius 2 is 1.93 bits per heavy atom. The molecular weight excluding hydrogens is 372 g/mol. The standard InChI is InChI=1S/C9H14NO4.Re/c1-10-9(12)14-8-5-3-2-4-7(8)13-6-11;/h7-8H,2-5H2,1H3,(H,10,12);/q-1;. The van der Waals surface area contributed by atoms with Crippen molar-refractivity contribution in [2.24, 2.45) is 0 Å². The first-order valence-electron chi connectivity index (χ1n) is 4.69. The van der Waals surface area contributed by atoms with Gasteiger partial charge in [-0.2, -0.15) is 0 Å². The molecule has 0 bridgehead atoms. The van der Waals surface area contributed by atoms with Crippen LogP contribution in [0.3, 0.4) is 0 Å². The van der Waals surface area contributed by atoms with Gasteiger partial charge in [0.05, 0.1) is 6.10 Å². The van der Waals surface area contributed by atoms with Crippen LogP contribution in [0, 0.1) is 0 Å². The molecule has 15 heavy (non-hydrogen) atoms. The van der Waals surface area contributed by atoms with Gasteiger partial charge in [-0.3, -0.25) is 0 Å². The minimum Gasteiger partial charge on any atom is -0.648 e. The van der Waals surface area contributed by atoms with Crippen LogP contribution in [0.25, 0.3) is 0 Å². The van der Waals surface area contributed by atoms with Gasteiger partial charge >= 0.3 is 6.09 Å². The van der Waals surface area contributed by atoms with Crippen molar-refractivity contribution in [3.8, 4) is 0 Å². The summed E-state index contributed by atoms with van der Waals surface area (Å²) in [6, 6.07) is 0. The van der Waals surface area contributed by atoms with Gasteiger partial charge in [0.15, 0.2) is 0 Å². The molecule has 1 aliphatic carbocycles. The van der Waals surface area contributed by atoms with Gasteiger partial charge in [-0.05, 0) is 25.7 Å². The van der Waals surface area contributed by atoms with E-state index in [1.54, 1.807) is 0 Å². The molecule has 1 amide bonds. The maximum Gasteiger partial charge on any atom is 0.407 e. The summed E-state index contributed by atoms with van der Waals surface area (Å²) in [5.74, 6) is 0. The molecule has 1 fully saturated rings. The Kier molecular flexibility index (Phi) is 7.36. The average Bonchev–Trinajstić information content (AvgIpc) is 2.21. The fraction of sp³-hybridized carbons (Fsp3) is 0.778. The van der Waals surface area contributed by atoms with Gasteiger partial charge in [0, 0.05) is 27.5 Å². The average molecular weight is 386 g/mol. The zero-order chi connectivity index (χ0) is 10.4. The van der Waals surface area contributed by atoms with Crippen molar-refractivity contribution < 1.29 is 39.5 Å². The van der Waals surface area contributed by atoms with Gasteiger partial charge in [-0.15, -0.1) is 0 Å². The molecule has 1 aliphatic rings. The number of hydrogen-bond donors (Lipinski definition) is 1. The fourth-order valence-corrected chi connectivity index (χ4v) is 1.59. The molecular formula is C9H14NO4Re-. The third-order valence-electron chi connectivity index (χ3n) is 2.30. The second-order valence-electron chi connectivity index (χ2n) is 3.22. The number of ether oxygens (including phenoxy) is 2. The Morgan fingerprint density at radius 3 is 2.47 bits per heavy atom. The first-order chi connectivity index (χ1) is 6.77. The van der Waals surface area contributed by atoms with Crippen LogP contribution in [0.2, 0.25) is 0 Å². The third kappa shape index (κ3) is 4.63. The second-order valence-corrected chi connectivity index (χ2v) is 3.22. The Morgan fingerprint density at radius 1 is 1.33 bits per heavy atom. The normalized spacial score (nSPS) is 24.6. The van der Waals surface area contributed by atoms with Crippen molar-refractivity contribution in [1.82, 2.24) is 5.32 Å². The quantitative estimate of drug-likeness (QED) is 0.727. The number of carbonyl (C=O) groups is 1. The molecule has 1 N–H and O–H groups in total. The van der Waals surface area contributed by atoms with E-state index in [0.717, 1.165) is 25.7 Å². The van der Waals surface area contributed by atoms with Crippen LogP contribution in [0.1, 0.15) is 25.7 Å². The van der Waals surface area contributed by atoms with Crippen molar-refractivity contribution in [3.63, 3.8) is 0 Å². The molecule has 1 rings (SSSR count). The van der Waals surface area contributed by atoms with Gasteiger partial charge in [-0.1, -0.05) is 6.47 Å². The minimum atomic E-state index is -0.489. The maximum atomic E-state index is 10.9. The van der Waals surface area contributed by atoms with E-state index in [9.17, 15) is 9.59 Å². The van der Waals surface area contributed by atoms with Crippen molar-refractivity contribution in [2.45, 2.75) is 37.9 Å². The number of alkyl carbamates (subject to hydrolysis) is 1.